The van der Waals surface area contributed by atoms with Crippen molar-refractivity contribution in [3.05, 3.63) is 63.9 Å². The van der Waals surface area contributed by atoms with Crippen LogP contribution in [0.3, 0.4) is 0 Å². The molecular formula is C25H29Cl2N3O. The van der Waals surface area contributed by atoms with E-state index in [1.165, 1.54) is 32.1 Å². The first-order valence-corrected chi connectivity index (χ1v) is 12.0. The van der Waals surface area contributed by atoms with Gasteiger partial charge < -0.3 is 9.88 Å². The van der Waals surface area contributed by atoms with Crippen LogP contribution in [0.25, 0.3) is 11.0 Å². The maximum Gasteiger partial charge on any atom is 0.220 e. The lowest BCUT2D eigenvalue weighted by atomic mass is 9.87. The van der Waals surface area contributed by atoms with Crippen molar-refractivity contribution in [1.82, 2.24) is 14.9 Å². The highest BCUT2D eigenvalue weighted by Gasteiger charge is 2.23. The van der Waals surface area contributed by atoms with E-state index in [1.54, 1.807) is 0 Å². The molecule has 0 aliphatic heterocycles. The Kier molecular flexibility index (Phi) is 7.19. The Morgan fingerprint density at radius 3 is 2.65 bits per heavy atom. The highest BCUT2D eigenvalue weighted by atomic mass is 35.5. The maximum atomic E-state index is 12.8. The molecule has 1 aromatic heterocycles. The standard InChI is InChI=1S/C25H29Cl2N3O/c1-2-21(28-24(31)15-17-8-4-3-5-9-17)25-29-22-10-6-7-11-23(22)30(25)16-18-12-13-19(26)20(27)14-18/h6-7,10-14,17,21H,2-5,8-9,15-16H2,1H3,(H,28,31). The molecule has 31 heavy (non-hydrogen) atoms. The lowest BCUT2D eigenvalue weighted by Crippen LogP contribution is -2.32. The molecule has 1 amide bonds. The zero-order chi connectivity index (χ0) is 21.8. The van der Waals surface area contributed by atoms with Gasteiger partial charge in [0.25, 0.3) is 0 Å². The molecule has 1 aliphatic carbocycles. The van der Waals surface area contributed by atoms with E-state index in [0.717, 1.165) is 28.8 Å². The number of imidazole rings is 1. The number of para-hydroxylation sites is 2. The molecule has 1 fully saturated rings. The molecular weight excluding hydrogens is 429 g/mol. The first-order chi connectivity index (χ1) is 15.0. The van der Waals surface area contributed by atoms with Gasteiger partial charge in [0.1, 0.15) is 5.82 Å². The number of aromatic nitrogens is 2. The Morgan fingerprint density at radius 1 is 1.13 bits per heavy atom. The van der Waals surface area contributed by atoms with Crippen molar-refractivity contribution >= 4 is 40.1 Å². The average Bonchev–Trinajstić information content (AvgIpc) is 3.13. The predicted molar refractivity (Wildman–Crippen MR) is 128 cm³/mol. The van der Waals surface area contributed by atoms with Crippen LogP contribution in [-0.2, 0) is 11.3 Å². The first kappa shape index (κ1) is 22.2. The summed E-state index contributed by atoms with van der Waals surface area (Å²) in [6.45, 7) is 2.70. The average molecular weight is 458 g/mol. The molecule has 1 heterocycles. The highest BCUT2D eigenvalue weighted by Crippen LogP contribution is 2.29. The van der Waals surface area contributed by atoms with Gasteiger partial charge in [0, 0.05) is 13.0 Å². The second-order valence-corrected chi connectivity index (χ2v) is 9.34. The summed E-state index contributed by atoms with van der Waals surface area (Å²) < 4.78 is 2.18. The number of carbonyl (C=O) groups is 1. The molecule has 0 bridgehead atoms. The maximum absolute atomic E-state index is 12.8. The number of rotatable bonds is 7. The van der Waals surface area contributed by atoms with Crippen molar-refractivity contribution in [3.8, 4) is 0 Å². The van der Waals surface area contributed by atoms with Gasteiger partial charge >= 0.3 is 0 Å². The summed E-state index contributed by atoms with van der Waals surface area (Å²) in [5.41, 5.74) is 3.02. The minimum absolute atomic E-state index is 0.131. The van der Waals surface area contributed by atoms with Crippen molar-refractivity contribution in [2.24, 2.45) is 5.92 Å². The van der Waals surface area contributed by atoms with E-state index in [1.807, 2.05) is 36.4 Å². The Morgan fingerprint density at radius 2 is 1.90 bits per heavy atom. The number of nitrogens with zero attached hydrogens (tertiary/aromatic N) is 2. The van der Waals surface area contributed by atoms with Crippen LogP contribution in [0, 0.1) is 5.92 Å². The minimum Gasteiger partial charge on any atom is -0.346 e. The molecule has 164 valence electrons. The summed E-state index contributed by atoms with van der Waals surface area (Å²) in [5.74, 6) is 1.53. The van der Waals surface area contributed by atoms with Gasteiger partial charge in [0.15, 0.2) is 0 Å². The summed E-state index contributed by atoms with van der Waals surface area (Å²) in [6, 6.07) is 13.7. The van der Waals surface area contributed by atoms with Crippen LogP contribution in [0.5, 0.6) is 0 Å². The van der Waals surface area contributed by atoms with Crippen LogP contribution in [-0.4, -0.2) is 15.5 Å². The number of benzene rings is 2. The number of fused-ring (bicyclic) bond motifs is 1. The summed E-state index contributed by atoms with van der Waals surface area (Å²) >= 11 is 12.3. The molecule has 4 rings (SSSR count). The monoisotopic (exact) mass is 457 g/mol. The van der Waals surface area contributed by atoms with Crippen LogP contribution in [0.1, 0.15) is 69.3 Å². The van der Waals surface area contributed by atoms with Gasteiger partial charge in [0.05, 0.1) is 27.1 Å². The molecule has 0 saturated heterocycles. The fourth-order valence-electron chi connectivity index (χ4n) is 4.60. The van der Waals surface area contributed by atoms with Gasteiger partial charge in [-0.25, -0.2) is 4.98 Å². The SMILES string of the molecule is CCC(NC(=O)CC1CCCCC1)c1nc2ccccc2n1Cc1ccc(Cl)c(Cl)c1. The summed E-state index contributed by atoms with van der Waals surface area (Å²) in [4.78, 5) is 17.7. The van der Waals surface area contributed by atoms with E-state index in [-0.39, 0.29) is 11.9 Å². The van der Waals surface area contributed by atoms with Crippen molar-refractivity contribution in [3.63, 3.8) is 0 Å². The third kappa shape index (κ3) is 5.24. The number of amides is 1. The number of nitrogens with one attached hydrogen (secondary N) is 1. The largest absolute Gasteiger partial charge is 0.346 e. The van der Waals surface area contributed by atoms with E-state index in [4.69, 9.17) is 28.2 Å². The predicted octanol–water partition coefficient (Wildman–Crippen LogP) is 6.93. The Bertz CT molecular complexity index is 1060. The fourth-order valence-corrected chi connectivity index (χ4v) is 4.92. The van der Waals surface area contributed by atoms with E-state index < -0.39 is 0 Å². The lowest BCUT2D eigenvalue weighted by Gasteiger charge is -2.23. The van der Waals surface area contributed by atoms with Gasteiger partial charge in [0.2, 0.25) is 5.91 Å². The molecule has 0 radical (unpaired) electrons. The van der Waals surface area contributed by atoms with Crippen LogP contribution in [0.2, 0.25) is 10.0 Å². The summed E-state index contributed by atoms with van der Waals surface area (Å²) in [7, 11) is 0. The molecule has 1 atom stereocenters. The van der Waals surface area contributed by atoms with E-state index in [2.05, 4.69) is 22.9 Å². The molecule has 0 spiro atoms. The number of hydrogen-bond donors (Lipinski definition) is 1. The molecule has 6 heteroatoms. The molecule has 1 aliphatic rings. The normalized spacial score (nSPS) is 15.8. The summed E-state index contributed by atoms with van der Waals surface area (Å²) in [5, 5.41) is 4.35. The van der Waals surface area contributed by atoms with Gasteiger partial charge in [-0.3, -0.25) is 4.79 Å². The van der Waals surface area contributed by atoms with Crippen molar-refractivity contribution in [2.45, 2.75) is 64.5 Å². The number of carbonyl (C=O) groups excluding carboxylic acids is 1. The van der Waals surface area contributed by atoms with Crippen molar-refractivity contribution in [2.75, 3.05) is 0 Å². The quantitative estimate of drug-likeness (QED) is 0.417. The first-order valence-electron chi connectivity index (χ1n) is 11.2. The zero-order valence-electron chi connectivity index (χ0n) is 17.9. The topological polar surface area (TPSA) is 46.9 Å². The number of halogens is 2. The highest BCUT2D eigenvalue weighted by molar-refractivity contribution is 6.42. The van der Waals surface area contributed by atoms with Crippen LogP contribution in [0.4, 0.5) is 0 Å². The van der Waals surface area contributed by atoms with Crippen molar-refractivity contribution < 1.29 is 4.79 Å². The van der Waals surface area contributed by atoms with Gasteiger partial charge in [-0.2, -0.15) is 0 Å². The Labute approximate surface area is 194 Å². The lowest BCUT2D eigenvalue weighted by molar-refractivity contribution is -0.123. The zero-order valence-corrected chi connectivity index (χ0v) is 19.4. The van der Waals surface area contributed by atoms with Gasteiger partial charge in [-0.1, -0.05) is 67.6 Å². The van der Waals surface area contributed by atoms with Crippen LogP contribution in [0.15, 0.2) is 42.5 Å². The fraction of sp³-hybridized carbons (Fsp3) is 0.440. The molecule has 1 saturated carbocycles. The van der Waals surface area contributed by atoms with Crippen LogP contribution >= 0.6 is 23.2 Å². The molecule has 1 unspecified atom stereocenters. The Hall–Kier alpha value is -2.04. The smallest absolute Gasteiger partial charge is 0.220 e. The van der Waals surface area contributed by atoms with E-state index in [0.29, 0.717) is 28.9 Å². The van der Waals surface area contributed by atoms with Gasteiger partial charge in [-0.15, -0.1) is 0 Å². The second kappa shape index (κ2) is 10.1. The third-order valence-electron chi connectivity index (χ3n) is 6.26. The van der Waals surface area contributed by atoms with Crippen LogP contribution < -0.4 is 5.32 Å². The molecule has 3 aromatic rings. The van der Waals surface area contributed by atoms with Gasteiger partial charge in [-0.05, 0) is 55.0 Å². The number of hydrogen-bond acceptors (Lipinski definition) is 2. The molecule has 4 nitrogen and oxygen atoms in total. The Balaban J connectivity index is 1.60. The molecule has 2 aromatic carbocycles. The second-order valence-electron chi connectivity index (χ2n) is 8.53. The van der Waals surface area contributed by atoms with E-state index in [9.17, 15) is 4.79 Å². The third-order valence-corrected chi connectivity index (χ3v) is 7.00. The molecule has 1 N–H and O–H groups in total. The summed E-state index contributed by atoms with van der Waals surface area (Å²) in [6.07, 6.45) is 7.52. The van der Waals surface area contributed by atoms with E-state index >= 15 is 0 Å². The minimum atomic E-state index is -0.133. The van der Waals surface area contributed by atoms with Crippen molar-refractivity contribution in [1.29, 1.82) is 0 Å².